The molecule has 2 heterocycles. The number of rotatable bonds is 10. The normalized spacial score (nSPS) is 11.3. The summed E-state index contributed by atoms with van der Waals surface area (Å²) < 4.78 is 89.6. The van der Waals surface area contributed by atoms with Gasteiger partial charge in [-0.3, -0.25) is 0 Å². The van der Waals surface area contributed by atoms with Gasteiger partial charge in [-0.2, -0.15) is 26.3 Å². The largest absolute Gasteiger partial charge is 0.490 e. The fourth-order valence-corrected chi connectivity index (χ4v) is 3.49. The number of halogens is 7. The molecule has 9 nitrogen and oxygen atoms in total. The highest BCUT2D eigenvalue weighted by molar-refractivity contribution is 5.94. The van der Waals surface area contributed by atoms with E-state index in [1.165, 1.54) is 25.3 Å². The number of hydrogen-bond acceptors (Lipinski definition) is 7. The van der Waals surface area contributed by atoms with E-state index in [0.29, 0.717) is 54.3 Å². The summed E-state index contributed by atoms with van der Waals surface area (Å²) in [6.07, 6.45) is -5.97. The second-order valence-corrected chi connectivity index (χ2v) is 8.60. The second-order valence-electron chi connectivity index (χ2n) is 8.60. The van der Waals surface area contributed by atoms with Crippen LogP contribution in [0.5, 0.6) is 5.88 Å². The molecule has 0 saturated heterocycles. The summed E-state index contributed by atoms with van der Waals surface area (Å²) in [4.78, 5) is 28.4. The number of aryl methyl sites for hydroxylation is 2. The second kappa shape index (κ2) is 14.3. The van der Waals surface area contributed by atoms with E-state index < -0.39 is 41.2 Å². The van der Waals surface area contributed by atoms with Crippen LogP contribution in [0.15, 0.2) is 42.6 Å². The van der Waals surface area contributed by atoms with Gasteiger partial charge in [0.2, 0.25) is 5.88 Å². The first-order valence-electron chi connectivity index (χ1n) is 12.0. The van der Waals surface area contributed by atoms with Crippen LogP contribution in [0.3, 0.4) is 0 Å². The van der Waals surface area contributed by atoms with Crippen LogP contribution in [0.4, 0.5) is 47.9 Å². The summed E-state index contributed by atoms with van der Waals surface area (Å²) in [6, 6.07) is 7.79. The number of nitrogens with two attached hydrogens (primary N) is 1. The van der Waals surface area contributed by atoms with Crippen LogP contribution in [0.2, 0.25) is 0 Å². The summed E-state index contributed by atoms with van der Waals surface area (Å²) in [5.41, 5.74) is 6.34. The third-order valence-corrected chi connectivity index (χ3v) is 5.56. The number of aromatic nitrogens is 2. The number of carboxylic acid groups (broad SMARTS) is 2. The maximum absolute atomic E-state index is 13.9. The van der Waals surface area contributed by atoms with E-state index in [1.807, 2.05) is 0 Å². The van der Waals surface area contributed by atoms with Crippen molar-refractivity contribution in [1.29, 1.82) is 0 Å². The lowest BCUT2D eigenvalue weighted by Gasteiger charge is -2.15. The highest BCUT2D eigenvalue weighted by Crippen LogP contribution is 2.32. The number of aliphatic carboxylic acids is 1. The van der Waals surface area contributed by atoms with Gasteiger partial charge in [0, 0.05) is 18.0 Å². The van der Waals surface area contributed by atoms with Crippen LogP contribution >= 0.6 is 0 Å². The molecule has 3 rings (SSSR count). The molecule has 0 aliphatic heterocycles. The van der Waals surface area contributed by atoms with Crippen molar-refractivity contribution in [2.24, 2.45) is 0 Å². The predicted molar refractivity (Wildman–Crippen MR) is 136 cm³/mol. The van der Waals surface area contributed by atoms with Gasteiger partial charge in [-0.1, -0.05) is 6.42 Å². The lowest BCUT2D eigenvalue weighted by atomic mass is 10.0. The quantitative estimate of drug-likeness (QED) is 0.155. The number of unbranched alkanes of at least 4 members (excludes halogenated alkanes) is 2. The van der Waals surface area contributed by atoms with Crippen LogP contribution in [0, 0.1) is 5.82 Å². The third-order valence-electron chi connectivity index (χ3n) is 5.56. The van der Waals surface area contributed by atoms with Crippen molar-refractivity contribution >= 4 is 29.1 Å². The zero-order valence-electron chi connectivity index (χ0n) is 21.8. The molecule has 0 unspecified atom stereocenters. The van der Waals surface area contributed by atoms with Gasteiger partial charge in [0.25, 0.3) is 0 Å². The van der Waals surface area contributed by atoms with Crippen molar-refractivity contribution in [1.82, 2.24) is 9.97 Å². The Morgan fingerprint density at radius 1 is 0.976 bits per heavy atom. The SMILES string of the molecule is COc1ccc(N)c(CCCCCc2cc(F)ccc2Nc2ncc(C(F)(F)F)cc2C(=O)O)n1.O=C(O)C(F)(F)F. The summed E-state index contributed by atoms with van der Waals surface area (Å²) in [5, 5.41) is 19.2. The van der Waals surface area contributed by atoms with Crippen LogP contribution < -0.4 is 15.8 Å². The summed E-state index contributed by atoms with van der Waals surface area (Å²) in [6.45, 7) is 0. The number of methoxy groups -OCH3 is 1. The first-order valence-corrected chi connectivity index (χ1v) is 12.0. The van der Waals surface area contributed by atoms with Crippen molar-refractivity contribution in [2.75, 3.05) is 18.2 Å². The predicted octanol–water partition coefficient (Wildman–Crippen LogP) is 6.26. The molecule has 3 aromatic rings. The van der Waals surface area contributed by atoms with Gasteiger partial charge in [-0.25, -0.2) is 23.9 Å². The van der Waals surface area contributed by atoms with Gasteiger partial charge < -0.3 is 26.0 Å². The van der Waals surface area contributed by atoms with Gasteiger partial charge in [-0.15, -0.1) is 0 Å². The van der Waals surface area contributed by atoms with Gasteiger partial charge in [0.15, 0.2) is 0 Å². The van der Waals surface area contributed by atoms with Crippen molar-refractivity contribution < 1.29 is 55.3 Å². The minimum absolute atomic E-state index is 0.266. The number of nitrogens with one attached hydrogen (secondary N) is 1. The van der Waals surface area contributed by atoms with E-state index in [4.69, 9.17) is 20.4 Å². The van der Waals surface area contributed by atoms with Crippen LogP contribution in [0.25, 0.3) is 0 Å². The molecule has 42 heavy (non-hydrogen) atoms. The highest BCUT2D eigenvalue weighted by atomic mass is 19.4. The van der Waals surface area contributed by atoms with Gasteiger partial charge in [0.05, 0.1) is 24.1 Å². The Kier molecular flexibility index (Phi) is 11.4. The monoisotopic (exact) mass is 606 g/mol. The Morgan fingerprint density at radius 2 is 1.62 bits per heavy atom. The molecular weight excluding hydrogens is 581 g/mol. The van der Waals surface area contributed by atoms with Crippen molar-refractivity contribution in [2.45, 2.75) is 44.5 Å². The number of nitrogen functional groups attached to an aromatic ring is 1. The average molecular weight is 606 g/mol. The van der Waals surface area contributed by atoms with Gasteiger partial charge in [-0.05, 0) is 61.6 Å². The van der Waals surface area contributed by atoms with Gasteiger partial charge in [0.1, 0.15) is 17.2 Å². The number of nitrogens with zero attached hydrogens (tertiary/aromatic N) is 2. The lowest BCUT2D eigenvalue weighted by Crippen LogP contribution is -2.21. The standard InChI is InChI=1S/C24H24F4N4O3.C2HF3O2/c1-35-21-10-8-18(29)20(31-21)6-4-2-3-5-14-11-16(25)7-9-19(14)32-22-17(23(33)34)12-15(13-30-22)24(26,27)28;3-2(4,5)1(6)7/h7-13H,2-6,29H2,1H3,(H,30,32)(H,33,34);(H,6,7). The Balaban J connectivity index is 0.000000782. The summed E-state index contributed by atoms with van der Waals surface area (Å²) in [7, 11) is 1.52. The minimum atomic E-state index is -5.08. The van der Waals surface area contributed by atoms with E-state index >= 15 is 0 Å². The number of alkyl halides is 6. The first kappa shape index (κ1) is 33.6. The molecule has 0 spiro atoms. The van der Waals surface area contributed by atoms with E-state index in [2.05, 4.69) is 15.3 Å². The molecule has 0 amide bonds. The van der Waals surface area contributed by atoms with Crippen molar-refractivity contribution in [3.8, 4) is 5.88 Å². The number of carbonyl (C=O) groups is 2. The number of anilines is 3. The number of ether oxygens (including phenoxy) is 1. The van der Waals surface area contributed by atoms with Crippen molar-refractivity contribution in [3.05, 3.63) is 70.8 Å². The molecule has 0 radical (unpaired) electrons. The van der Waals surface area contributed by atoms with Crippen LogP contribution in [-0.4, -0.2) is 45.4 Å². The van der Waals surface area contributed by atoms with E-state index in [9.17, 15) is 40.6 Å². The maximum atomic E-state index is 13.9. The number of benzene rings is 1. The minimum Gasteiger partial charge on any atom is -0.481 e. The maximum Gasteiger partial charge on any atom is 0.490 e. The zero-order chi connectivity index (χ0) is 31.7. The summed E-state index contributed by atoms with van der Waals surface area (Å²) in [5.74, 6) is -4.61. The lowest BCUT2D eigenvalue weighted by molar-refractivity contribution is -0.192. The number of hydrogen-bond donors (Lipinski definition) is 4. The molecule has 5 N–H and O–H groups in total. The highest BCUT2D eigenvalue weighted by Gasteiger charge is 2.38. The van der Waals surface area contributed by atoms with E-state index in [1.54, 1.807) is 12.1 Å². The fourth-order valence-electron chi connectivity index (χ4n) is 3.49. The summed E-state index contributed by atoms with van der Waals surface area (Å²) >= 11 is 0. The number of pyridine rings is 2. The molecule has 228 valence electrons. The molecule has 0 fully saturated rings. The smallest absolute Gasteiger partial charge is 0.481 e. The Bertz CT molecular complexity index is 1400. The molecule has 0 saturated carbocycles. The molecule has 0 aliphatic carbocycles. The molecule has 0 atom stereocenters. The molecule has 16 heteroatoms. The molecule has 0 aliphatic rings. The fraction of sp³-hybridized carbons (Fsp3) is 0.308. The third kappa shape index (κ3) is 10.1. The molecule has 0 bridgehead atoms. The van der Waals surface area contributed by atoms with E-state index in [0.717, 1.165) is 18.5 Å². The average Bonchev–Trinajstić information content (AvgIpc) is 2.90. The van der Waals surface area contributed by atoms with Crippen molar-refractivity contribution in [3.63, 3.8) is 0 Å². The van der Waals surface area contributed by atoms with Crippen LogP contribution in [-0.2, 0) is 23.8 Å². The molecule has 2 aromatic heterocycles. The van der Waals surface area contributed by atoms with Gasteiger partial charge >= 0.3 is 24.3 Å². The Hall–Kier alpha value is -4.63. The molecule has 1 aromatic carbocycles. The topological polar surface area (TPSA) is 148 Å². The number of carboxylic acids is 2. The molecular formula is C26H25F7N4O5. The zero-order valence-corrected chi connectivity index (χ0v) is 21.8. The Labute approximate surface area is 234 Å². The van der Waals surface area contributed by atoms with Crippen LogP contribution in [0.1, 0.15) is 46.4 Å². The number of aromatic carboxylic acids is 1. The first-order chi connectivity index (χ1) is 19.5. The van der Waals surface area contributed by atoms with E-state index in [-0.39, 0.29) is 5.82 Å². The Morgan fingerprint density at radius 3 is 2.19 bits per heavy atom.